The minimum Gasteiger partial charge on any atom is -0.478 e. The van der Waals surface area contributed by atoms with E-state index >= 15 is 0 Å². The molecule has 0 aliphatic carbocycles. The Balaban J connectivity index is 2.12. The van der Waals surface area contributed by atoms with Gasteiger partial charge in [-0.15, -0.1) is 0 Å². The third-order valence-corrected chi connectivity index (χ3v) is 3.53. The molecule has 3 rings (SSSR count). The summed E-state index contributed by atoms with van der Waals surface area (Å²) in [7, 11) is 0. The molecule has 0 fully saturated rings. The number of para-hydroxylation sites is 1. The third-order valence-electron chi connectivity index (χ3n) is 2.85. The lowest BCUT2D eigenvalue weighted by Gasteiger charge is -2.03. The molecule has 0 aliphatic heterocycles. The molecule has 0 radical (unpaired) electrons. The number of benzene rings is 1. The molecule has 1 N–H and O–H groups in total. The Kier molecular flexibility index (Phi) is 3.54. The molecular weight excluding hydrogens is 284 g/mol. The maximum atomic E-state index is 11.3. The molecule has 0 amide bonds. The number of carboxylic acids is 1. The van der Waals surface area contributed by atoms with E-state index in [4.69, 9.17) is 0 Å². The van der Waals surface area contributed by atoms with E-state index in [0.29, 0.717) is 5.69 Å². The van der Waals surface area contributed by atoms with Gasteiger partial charge in [-0.1, -0.05) is 24.1 Å². The molecule has 0 aliphatic rings. The smallest absolute Gasteiger partial charge is 0.340 e. The fraction of sp³-hybridized carbons (Fsp3) is 0. The Hall–Kier alpha value is -2.84. The number of carbonyl (C=O) groups is 1. The van der Waals surface area contributed by atoms with E-state index in [2.05, 4.69) is 16.9 Å². The van der Waals surface area contributed by atoms with Crippen molar-refractivity contribution < 1.29 is 9.90 Å². The lowest BCUT2D eigenvalue weighted by atomic mass is 10.2. The van der Waals surface area contributed by atoms with Gasteiger partial charge in [0.25, 0.3) is 0 Å². The molecule has 0 saturated heterocycles. The number of aromatic nitrogens is 2. The summed E-state index contributed by atoms with van der Waals surface area (Å²) in [4.78, 5) is 11.3. The van der Waals surface area contributed by atoms with Gasteiger partial charge in [0.2, 0.25) is 0 Å². The maximum Gasteiger partial charge on any atom is 0.340 e. The maximum absolute atomic E-state index is 11.3. The zero-order chi connectivity index (χ0) is 14.7. The highest BCUT2D eigenvalue weighted by Gasteiger charge is 2.15. The van der Waals surface area contributed by atoms with Crippen molar-refractivity contribution in [1.82, 2.24) is 9.78 Å². The highest BCUT2D eigenvalue weighted by atomic mass is 32.1. The zero-order valence-corrected chi connectivity index (χ0v) is 11.7. The Morgan fingerprint density at radius 2 is 2.00 bits per heavy atom. The summed E-state index contributed by atoms with van der Waals surface area (Å²) in [5.74, 6) is 4.85. The molecule has 5 heteroatoms. The molecule has 0 saturated carbocycles. The first kappa shape index (κ1) is 13.2. The summed E-state index contributed by atoms with van der Waals surface area (Å²) in [5.41, 5.74) is 2.11. The second kappa shape index (κ2) is 5.65. The highest BCUT2D eigenvalue weighted by Crippen LogP contribution is 2.14. The second-order valence-corrected chi connectivity index (χ2v) is 5.00. The van der Waals surface area contributed by atoms with Crippen LogP contribution >= 0.6 is 11.3 Å². The topological polar surface area (TPSA) is 55.1 Å². The van der Waals surface area contributed by atoms with Gasteiger partial charge in [-0.2, -0.15) is 16.4 Å². The number of rotatable bonds is 2. The number of carboxylic acid groups (broad SMARTS) is 1. The predicted molar refractivity (Wildman–Crippen MR) is 80.8 cm³/mol. The number of hydrogen-bond donors (Lipinski definition) is 1. The summed E-state index contributed by atoms with van der Waals surface area (Å²) in [6.45, 7) is 0. The van der Waals surface area contributed by atoms with Gasteiger partial charge in [-0.05, 0) is 29.5 Å². The standard InChI is InChI=1S/C16H10N2O2S/c19-16(20)14-10-17-18(13-4-2-1-3-5-13)15(14)7-6-12-8-9-21-11-12/h1-5,8-11H,(H,19,20). The van der Waals surface area contributed by atoms with Gasteiger partial charge >= 0.3 is 5.97 Å². The lowest BCUT2D eigenvalue weighted by molar-refractivity contribution is 0.0696. The van der Waals surface area contributed by atoms with Crippen molar-refractivity contribution in [3.05, 3.63) is 70.2 Å². The summed E-state index contributed by atoms with van der Waals surface area (Å²) >= 11 is 1.55. The minimum atomic E-state index is -1.04. The van der Waals surface area contributed by atoms with Crippen molar-refractivity contribution in [2.75, 3.05) is 0 Å². The van der Waals surface area contributed by atoms with Crippen molar-refractivity contribution in [3.63, 3.8) is 0 Å². The van der Waals surface area contributed by atoms with Crippen LogP contribution in [0.2, 0.25) is 0 Å². The lowest BCUT2D eigenvalue weighted by Crippen LogP contribution is -2.03. The molecule has 0 unspecified atom stereocenters. The third kappa shape index (κ3) is 2.71. The van der Waals surface area contributed by atoms with E-state index in [-0.39, 0.29) is 5.56 Å². The monoisotopic (exact) mass is 294 g/mol. The SMILES string of the molecule is O=C(O)c1cnn(-c2ccccc2)c1C#Cc1ccsc1. The number of thiophene rings is 1. The van der Waals surface area contributed by atoms with Gasteiger partial charge in [-0.25, -0.2) is 9.48 Å². The normalized spacial score (nSPS) is 9.90. The van der Waals surface area contributed by atoms with E-state index in [9.17, 15) is 9.90 Å². The van der Waals surface area contributed by atoms with Crippen molar-refractivity contribution >= 4 is 17.3 Å². The molecule has 0 bridgehead atoms. The van der Waals surface area contributed by atoms with Crippen LogP contribution in [0.15, 0.2) is 53.4 Å². The summed E-state index contributed by atoms with van der Waals surface area (Å²) in [6.07, 6.45) is 1.33. The van der Waals surface area contributed by atoms with Crippen LogP contribution in [0.4, 0.5) is 0 Å². The van der Waals surface area contributed by atoms with Crippen LogP contribution in [-0.2, 0) is 0 Å². The van der Waals surface area contributed by atoms with E-state index in [1.807, 2.05) is 47.2 Å². The highest BCUT2D eigenvalue weighted by molar-refractivity contribution is 7.08. The zero-order valence-electron chi connectivity index (χ0n) is 10.9. The van der Waals surface area contributed by atoms with Crippen LogP contribution in [0, 0.1) is 11.8 Å². The molecule has 0 spiro atoms. The van der Waals surface area contributed by atoms with Gasteiger partial charge in [0.15, 0.2) is 0 Å². The van der Waals surface area contributed by atoms with Crippen molar-refractivity contribution in [2.24, 2.45) is 0 Å². The van der Waals surface area contributed by atoms with E-state index in [1.165, 1.54) is 6.20 Å². The molecule has 2 heterocycles. The second-order valence-electron chi connectivity index (χ2n) is 4.22. The van der Waals surface area contributed by atoms with Crippen LogP contribution in [0.1, 0.15) is 21.6 Å². The first-order valence-corrected chi connectivity index (χ1v) is 7.11. The molecule has 1 aromatic carbocycles. The first-order valence-electron chi connectivity index (χ1n) is 6.16. The summed E-state index contributed by atoms with van der Waals surface area (Å²) in [5, 5.41) is 17.2. The number of nitrogens with zero attached hydrogens (tertiary/aromatic N) is 2. The van der Waals surface area contributed by atoms with Gasteiger partial charge in [0.05, 0.1) is 11.9 Å². The van der Waals surface area contributed by atoms with Crippen LogP contribution in [-0.4, -0.2) is 20.9 Å². The Labute approximate surface area is 125 Å². The van der Waals surface area contributed by atoms with E-state index in [0.717, 1.165) is 11.3 Å². The summed E-state index contributed by atoms with van der Waals surface area (Å²) < 4.78 is 1.54. The van der Waals surface area contributed by atoms with Crippen molar-refractivity contribution in [3.8, 4) is 17.5 Å². The fourth-order valence-electron chi connectivity index (χ4n) is 1.86. The van der Waals surface area contributed by atoms with E-state index in [1.54, 1.807) is 16.0 Å². The van der Waals surface area contributed by atoms with Crippen molar-refractivity contribution in [1.29, 1.82) is 0 Å². The van der Waals surface area contributed by atoms with Crippen LogP contribution in [0.25, 0.3) is 5.69 Å². The fourth-order valence-corrected chi connectivity index (χ4v) is 2.45. The van der Waals surface area contributed by atoms with Crippen molar-refractivity contribution in [2.45, 2.75) is 0 Å². The van der Waals surface area contributed by atoms with Gasteiger partial charge in [-0.3, -0.25) is 0 Å². The van der Waals surface area contributed by atoms with Gasteiger partial charge in [0.1, 0.15) is 11.3 Å². The largest absolute Gasteiger partial charge is 0.478 e. The Morgan fingerprint density at radius 3 is 2.67 bits per heavy atom. The molecular formula is C16H10N2O2S. The quantitative estimate of drug-likeness (QED) is 0.739. The molecule has 0 atom stereocenters. The average molecular weight is 294 g/mol. The van der Waals surface area contributed by atoms with Gasteiger partial charge in [0, 0.05) is 10.9 Å². The first-order chi connectivity index (χ1) is 10.3. The molecule has 21 heavy (non-hydrogen) atoms. The Morgan fingerprint density at radius 1 is 1.19 bits per heavy atom. The number of aromatic carboxylic acids is 1. The van der Waals surface area contributed by atoms with Crippen LogP contribution < -0.4 is 0 Å². The minimum absolute atomic E-state index is 0.0987. The van der Waals surface area contributed by atoms with Crippen LogP contribution in [0.3, 0.4) is 0 Å². The summed E-state index contributed by atoms with van der Waals surface area (Å²) in [6, 6.07) is 11.2. The number of hydrogen-bond acceptors (Lipinski definition) is 3. The van der Waals surface area contributed by atoms with E-state index < -0.39 is 5.97 Å². The molecule has 2 aromatic heterocycles. The molecule has 102 valence electrons. The predicted octanol–water partition coefficient (Wildman–Crippen LogP) is 3.03. The van der Waals surface area contributed by atoms with Crippen LogP contribution in [0.5, 0.6) is 0 Å². The van der Waals surface area contributed by atoms with Gasteiger partial charge < -0.3 is 5.11 Å². The molecule has 3 aromatic rings. The average Bonchev–Trinajstić information content (AvgIpc) is 3.15. The molecule has 4 nitrogen and oxygen atoms in total. The Bertz CT molecular complexity index is 824.